The lowest BCUT2D eigenvalue weighted by atomic mass is 9.97. The minimum Gasteiger partial charge on any atom is -0.381 e. The molecule has 20 heavy (non-hydrogen) atoms. The Labute approximate surface area is 124 Å². The first-order valence-corrected chi connectivity index (χ1v) is 7.27. The predicted octanol–water partition coefficient (Wildman–Crippen LogP) is 2.81. The van der Waals surface area contributed by atoms with Crippen LogP contribution < -0.4 is 5.73 Å². The van der Waals surface area contributed by atoms with E-state index in [0.29, 0.717) is 17.0 Å². The van der Waals surface area contributed by atoms with Gasteiger partial charge in [-0.2, -0.15) is 0 Å². The van der Waals surface area contributed by atoms with Gasteiger partial charge < -0.3 is 15.0 Å². The molecule has 1 aliphatic heterocycles. The van der Waals surface area contributed by atoms with Crippen LogP contribution in [-0.2, 0) is 4.74 Å². The van der Waals surface area contributed by atoms with Gasteiger partial charge in [-0.05, 0) is 40.5 Å². The Bertz CT molecular complexity index is 610. The molecule has 0 spiro atoms. The summed E-state index contributed by atoms with van der Waals surface area (Å²) in [6, 6.07) is 4.43. The molecule has 1 aromatic carbocycles. The Kier molecular flexibility index (Phi) is 3.87. The van der Waals surface area contributed by atoms with Crippen molar-refractivity contribution in [3.8, 4) is 5.69 Å². The van der Waals surface area contributed by atoms with Crippen molar-refractivity contribution >= 4 is 15.9 Å². The zero-order valence-corrected chi connectivity index (χ0v) is 12.4. The molecule has 2 heterocycles. The van der Waals surface area contributed by atoms with E-state index in [1.165, 1.54) is 12.1 Å². The van der Waals surface area contributed by atoms with E-state index < -0.39 is 0 Å². The van der Waals surface area contributed by atoms with Crippen LogP contribution >= 0.6 is 15.9 Å². The Morgan fingerprint density at radius 2 is 2.35 bits per heavy atom. The van der Waals surface area contributed by atoms with Gasteiger partial charge in [-0.3, -0.25) is 0 Å². The van der Waals surface area contributed by atoms with Crippen molar-refractivity contribution in [1.29, 1.82) is 0 Å². The number of hydrogen-bond donors (Lipinski definition) is 1. The molecule has 1 saturated heterocycles. The van der Waals surface area contributed by atoms with E-state index in [0.717, 1.165) is 24.4 Å². The van der Waals surface area contributed by atoms with Crippen molar-refractivity contribution in [3.05, 3.63) is 46.7 Å². The number of nitrogens with zero attached hydrogens (tertiary/aromatic N) is 2. The average molecular weight is 340 g/mol. The zero-order chi connectivity index (χ0) is 14.1. The minimum absolute atomic E-state index is 0.142. The van der Waals surface area contributed by atoms with E-state index in [2.05, 4.69) is 20.9 Å². The van der Waals surface area contributed by atoms with Crippen molar-refractivity contribution in [2.24, 2.45) is 11.7 Å². The summed E-state index contributed by atoms with van der Waals surface area (Å²) in [6.45, 7) is 1.43. The van der Waals surface area contributed by atoms with Gasteiger partial charge in [0.15, 0.2) is 0 Å². The third-order valence-corrected chi connectivity index (χ3v) is 4.29. The van der Waals surface area contributed by atoms with E-state index in [-0.39, 0.29) is 11.9 Å². The molecule has 2 unspecified atom stereocenters. The van der Waals surface area contributed by atoms with E-state index in [1.54, 1.807) is 18.6 Å². The molecule has 1 fully saturated rings. The summed E-state index contributed by atoms with van der Waals surface area (Å²) < 4.78 is 21.2. The highest BCUT2D eigenvalue weighted by Crippen LogP contribution is 2.30. The molecule has 0 aliphatic carbocycles. The summed E-state index contributed by atoms with van der Waals surface area (Å²) in [6.07, 6.45) is 4.42. The molecule has 106 valence electrons. The van der Waals surface area contributed by atoms with Crippen LogP contribution in [0.1, 0.15) is 18.2 Å². The van der Waals surface area contributed by atoms with Crippen LogP contribution in [-0.4, -0.2) is 22.8 Å². The summed E-state index contributed by atoms with van der Waals surface area (Å²) >= 11 is 3.38. The summed E-state index contributed by atoms with van der Waals surface area (Å²) in [5.74, 6) is 0.0143. The molecule has 4 nitrogen and oxygen atoms in total. The number of hydrogen-bond acceptors (Lipinski definition) is 3. The second-order valence-corrected chi connectivity index (χ2v) is 5.79. The maximum absolute atomic E-state index is 13.2. The molecule has 0 radical (unpaired) electrons. The van der Waals surface area contributed by atoms with E-state index in [9.17, 15) is 4.39 Å². The summed E-state index contributed by atoms with van der Waals surface area (Å²) in [7, 11) is 0. The number of rotatable bonds is 3. The fourth-order valence-electron chi connectivity index (χ4n) is 2.51. The van der Waals surface area contributed by atoms with Crippen molar-refractivity contribution < 1.29 is 9.13 Å². The predicted molar refractivity (Wildman–Crippen MR) is 77.1 cm³/mol. The van der Waals surface area contributed by atoms with Crippen molar-refractivity contribution in [3.63, 3.8) is 0 Å². The Morgan fingerprint density at radius 1 is 1.50 bits per heavy atom. The van der Waals surface area contributed by atoms with E-state index >= 15 is 0 Å². The van der Waals surface area contributed by atoms with Crippen molar-refractivity contribution in [1.82, 2.24) is 9.55 Å². The molecule has 0 bridgehead atoms. The van der Waals surface area contributed by atoms with E-state index in [4.69, 9.17) is 10.5 Å². The monoisotopic (exact) mass is 339 g/mol. The van der Waals surface area contributed by atoms with Crippen LogP contribution in [0.2, 0.25) is 0 Å². The third kappa shape index (κ3) is 2.51. The molecular weight excluding hydrogens is 325 g/mol. The molecule has 2 N–H and O–H groups in total. The largest absolute Gasteiger partial charge is 0.381 e. The first-order chi connectivity index (χ1) is 9.66. The van der Waals surface area contributed by atoms with Gasteiger partial charge in [0, 0.05) is 17.0 Å². The topological polar surface area (TPSA) is 53.1 Å². The SMILES string of the molecule is NC(c1cncn1-c1ccc(F)cc1Br)C1CCOC1. The van der Waals surface area contributed by atoms with Gasteiger partial charge in [-0.15, -0.1) is 0 Å². The fraction of sp³-hybridized carbons (Fsp3) is 0.357. The lowest BCUT2D eigenvalue weighted by Gasteiger charge is -2.20. The highest BCUT2D eigenvalue weighted by molar-refractivity contribution is 9.10. The van der Waals surface area contributed by atoms with Gasteiger partial charge in [-0.1, -0.05) is 0 Å². The first-order valence-electron chi connectivity index (χ1n) is 6.48. The lowest BCUT2D eigenvalue weighted by Crippen LogP contribution is -2.24. The quantitative estimate of drug-likeness (QED) is 0.935. The second-order valence-electron chi connectivity index (χ2n) is 4.93. The van der Waals surface area contributed by atoms with Gasteiger partial charge in [0.25, 0.3) is 0 Å². The second kappa shape index (κ2) is 5.63. The van der Waals surface area contributed by atoms with Gasteiger partial charge in [0.1, 0.15) is 5.82 Å². The minimum atomic E-state index is -0.282. The number of imidazole rings is 1. The van der Waals surface area contributed by atoms with Crippen molar-refractivity contribution in [2.75, 3.05) is 13.2 Å². The normalized spacial score (nSPS) is 20.2. The standard InChI is InChI=1S/C14H15BrFN3O/c15-11-5-10(16)1-2-12(11)19-8-18-6-13(19)14(17)9-3-4-20-7-9/h1-2,5-6,8-9,14H,3-4,7,17H2. The highest BCUT2D eigenvalue weighted by atomic mass is 79.9. The smallest absolute Gasteiger partial charge is 0.124 e. The molecule has 1 aromatic heterocycles. The number of ether oxygens (including phenoxy) is 1. The van der Waals surface area contributed by atoms with E-state index in [1.807, 2.05) is 4.57 Å². The maximum atomic E-state index is 13.2. The molecule has 6 heteroatoms. The number of benzene rings is 1. The zero-order valence-electron chi connectivity index (χ0n) is 10.8. The van der Waals surface area contributed by atoms with Crippen LogP contribution in [0.3, 0.4) is 0 Å². The highest BCUT2D eigenvalue weighted by Gasteiger charge is 2.26. The van der Waals surface area contributed by atoms with Gasteiger partial charge in [-0.25, -0.2) is 9.37 Å². The number of nitrogens with two attached hydrogens (primary N) is 1. The first kappa shape index (κ1) is 13.7. The Hall–Kier alpha value is -1.24. The van der Waals surface area contributed by atoms with Crippen LogP contribution in [0.4, 0.5) is 4.39 Å². The summed E-state index contributed by atoms with van der Waals surface area (Å²) in [5.41, 5.74) is 8.07. The van der Waals surface area contributed by atoms with Crippen LogP contribution in [0.5, 0.6) is 0 Å². The Morgan fingerprint density at radius 3 is 3.05 bits per heavy atom. The molecule has 2 aromatic rings. The number of halogens is 2. The maximum Gasteiger partial charge on any atom is 0.124 e. The van der Waals surface area contributed by atoms with Gasteiger partial charge >= 0.3 is 0 Å². The summed E-state index contributed by atoms with van der Waals surface area (Å²) in [4.78, 5) is 4.18. The fourth-order valence-corrected chi connectivity index (χ4v) is 3.05. The average Bonchev–Trinajstić information content (AvgIpc) is 3.09. The van der Waals surface area contributed by atoms with Crippen LogP contribution in [0.15, 0.2) is 35.2 Å². The molecule has 0 amide bonds. The van der Waals surface area contributed by atoms with Crippen LogP contribution in [0, 0.1) is 11.7 Å². The van der Waals surface area contributed by atoms with Crippen molar-refractivity contribution in [2.45, 2.75) is 12.5 Å². The third-order valence-electron chi connectivity index (χ3n) is 3.65. The molecule has 1 aliphatic rings. The summed E-state index contributed by atoms with van der Waals surface area (Å²) in [5, 5.41) is 0. The van der Waals surface area contributed by atoms with Gasteiger partial charge in [0.05, 0.1) is 36.6 Å². The molecule has 2 atom stereocenters. The lowest BCUT2D eigenvalue weighted by molar-refractivity contribution is 0.180. The molecule has 0 saturated carbocycles. The Balaban J connectivity index is 1.97. The number of aromatic nitrogens is 2. The van der Waals surface area contributed by atoms with Gasteiger partial charge in [0.2, 0.25) is 0 Å². The molecule has 3 rings (SSSR count). The van der Waals surface area contributed by atoms with Crippen LogP contribution in [0.25, 0.3) is 5.69 Å². The molecular formula is C14H15BrFN3O.